The highest BCUT2D eigenvalue weighted by atomic mass is 16.5. The fraction of sp³-hybridized carbons (Fsp3) is 0.190. The third-order valence-electron chi connectivity index (χ3n) is 4.43. The molecule has 2 N–H and O–H groups in total. The molecule has 3 rings (SSSR count). The van der Waals surface area contributed by atoms with E-state index in [0.29, 0.717) is 17.2 Å². The van der Waals surface area contributed by atoms with Crippen molar-refractivity contribution in [3.05, 3.63) is 59.2 Å². The number of urea groups is 1. The number of barbiturate groups is 1. The summed E-state index contributed by atoms with van der Waals surface area (Å²) in [5, 5.41) is 12.1. The molecule has 1 heterocycles. The van der Waals surface area contributed by atoms with E-state index >= 15 is 0 Å². The van der Waals surface area contributed by atoms with Gasteiger partial charge in [-0.2, -0.15) is 0 Å². The molecule has 0 spiro atoms. The zero-order valence-electron chi connectivity index (χ0n) is 15.7. The van der Waals surface area contributed by atoms with Crippen molar-refractivity contribution in [3.63, 3.8) is 0 Å². The SMILES string of the molecule is COc1ccc(/C=C2\C(=O)NC(=O)N(c3ccc(C(C)C)cc3)C2=O)cc1O. The van der Waals surface area contributed by atoms with E-state index in [9.17, 15) is 19.5 Å². The number of anilines is 1. The summed E-state index contributed by atoms with van der Waals surface area (Å²) < 4.78 is 4.98. The lowest BCUT2D eigenvalue weighted by molar-refractivity contribution is -0.122. The summed E-state index contributed by atoms with van der Waals surface area (Å²) in [4.78, 5) is 38.3. The summed E-state index contributed by atoms with van der Waals surface area (Å²) in [5.74, 6) is -1.08. The van der Waals surface area contributed by atoms with Gasteiger partial charge in [-0.15, -0.1) is 0 Å². The Morgan fingerprint density at radius 2 is 1.75 bits per heavy atom. The number of hydrogen-bond acceptors (Lipinski definition) is 5. The number of phenolic OH excluding ortho intramolecular Hbond substituents is 1. The highest BCUT2D eigenvalue weighted by Gasteiger charge is 2.36. The van der Waals surface area contributed by atoms with Gasteiger partial charge >= 0.3 is 6.03 Å². The van der Waals surface area contributed by atoms with Crippen molar-refractivity contribution in [3.8, 4) is 11.5 Å². The predicted molar refractivity (Wildman–Crippen MR) is 104 cm³/mol. The number of rotatable bonds is 4. The number of carbonyl (C=O) groups is 3. The van der Waals surface area contributed by atoms with Crippen LogP contribution in [-0.4, -0.2) is 30.1 Å². The first-order valence-electron chi connectivity index (χ1n) is 8.70. The van der Waals surface area contributed by atoms with Crippen LogP contribution in [0.5, 0.6) is 11.5 Å². The minimum absolute atomic E-state index is 0.127. The molecule has 1 fully saturated rings. The number of benzene rings is 2. The average molecular weight is 380 g/mol. The van der Waals surface area contributed by atoms with Gasteiger partial charge in [0.1, 0.15) is 5.57 Å². The summed E-state index contributed by atoms with van der Waals surface area (Å²) in [7, 11) is 1.42. The molecule has 0 atom stereocenters. The van der Waals surface area contributed by atoms with Crippen molar-refractivity contribution in [2.45, 2.75) is 19.8 Å². The number of amides is 4. The normalized spacial score (nSPS) is 15.9. The molecule has 1 saturated heterocycles. The Kier molecular flexibility index (Phi) is 5.17. The molecule has 0 aromatic heterocycles. The zero-order valence-corrected chi connectivity index (χ0v) is 15.7. The third-order valence-corrected chi connectivity index (χ3v) is 4.43. The zero-order chi connectivity index (χ0) is 20.4. The smallest absolute Gasteiger partial charge is 0.335 e. The summed E-state index contributed by atoms with van der Waals surface area (Å²) in [6, 6.07) is 10.7. The van der Waals surface area contributed by atoms with E-state index in [1.165, 1.54) is 25.3 Å². The van der Waals surface area contributed by atoms with Crippen LogP contribution in [0.2, 0.25) is 0 Å². The van der Waals surface area contributed by atoms with Crippen molar-refractivity contribution in [2.24, 2.45) is 0 Å². The third kappa shape index (κ3) is 3.59. The van der Waals surface area contributed by atoms with Crippen molar-refractivity contribution >= 4 is 29.6 Å². The fourth-order valence-electron chi connectivity index (χ4n) is 2.86. The number of imide groups is 2. The van der Waals surface area contributed by atoms with Crippen LogP contribution in [0, 0.1) is 0 Å². The standard InChI is InChI=1S/C21H20N2O5/c1-12(2)14-5-7-15(8-6-14)23-20(26)16(19(25)22-21(23)27)10-13-4-9-18(28-3)17(24)11-13/h4-12,24H,1-3H3,(H,22,25,27)/b16-10+. The van der Waals surface area contributed by atoms with E-state index in [-0.39, 0.29) is 17.1 Å². The fourth-order valence-corrected chi connectivity index (χ4v) is 2.86. The molecule has 0 radical (unpaired) electrons. The van der Waals surface area contributed by atoms with Gasteiger partial charge in [0.2, 0.25) is 0 Å². The molecule has 7 heteroatoms. The van der Waals surface area contributed by atoms with Crippen molar-refractivity contribution in [1.82, 2.24) is 5.32 Å². The van der Waals surface area contributed by atoms with E-state index in [0.717, 1.165) is 10.5 Å². The van der Waals surface area contributed by atoms with Crippen LogP contribution in [0.4, 0.5) is 10.5 Å². The maximum Gasteiger partial charge on any atom is 0.335 e. The summed E-state index contributed by atoms with van der Waals surface area (Å²) in [6.45, 7) is 4.08. The second kappa shape index (κ2) is 7.56. The summed E-state index contributed by atoms with van der Waals surface area (Å²) >= 11 is 0. The second-order valence-corrected chi connectivity index (χ2v) is 6.64. The van der Waals surface area contributed by atoms with Crippen LogP contribution >= 0.6 is 0 Å². The Labute approximate surface area is 162 Å². The van der Waals surface area contributed by atoms with Gasteiger partial charge in [-0.25, -0.2) is 9.69 Å². The Hall–Kier alpha value is -3.61. The lowest BCUT2D eigenvalue weighted by atomic mass is 10.0. The molecule has 1 aliphatic rings. The van der Waals surface area contributed by atoms with Gasteiger partial charge in [-0.05, 0) is 47.4 Å². The second-order valence-electron chi connectivity index (χ2n) is 6.64. The predicted octanol–water partition coefficient (Wildman–Crippen LogP) is 3.19. The quantitative estimate of drug-likeness (QED) is 0.627. The first-order valence-corrected chi connectivity index (χ1v) is 8.70. The molecule has 2 aromatic rings. The van der Waals surface area contributed by atoms with Gasteiger partial charge in [-0.3, -0.25) is 14.9 Å². The number of nitrogens with one attached hydrogen (secondary N) is 1. The van der Waals surface area contributed by atoms with E-state index in [2.05, 4.69) is 5.32 Å². The molecule has 144 valence electrons. The first-order chi connectivity index (χ1) is 13.3. The average Bonchev–Trinajstić information content (AvgIpc) is 2.65. The van der Waals surface area contributed by atoms with E-state index in [1.54, 1.807) is 18.2 Å². The van der Waals surface area contributed by atoms with Crippen LogP contribution < -0.4 is 15.0 Å². The highest BCUT2D eigenvalue weighted by molar-refractivity contribution is 6.39. The maximum atomic E-state index is 12.9. The molecule has 7 nitrogen and oxygen atoms in total. The largest absolute Gasteiger partial charge is 0.504 e. The highest BCUT2D eigenvalue weighted by Crippen LogP contribution is 2.28. The maximum absolute atomic E-state index is 12.9. The van der Waals surface area contributed by atoms with Crippen molar-refractivity contribution in [2.75, 3.05) is 12.0 Å². The molecular weight excluding hydrogens is 360 g/mol. The van der Waals surface area contributed by atoms with Gasteiger partial charge in [0.05, 0.1) is 12.8 Å². The number of carbonyl (C=O) groups excluding carboxylic acids is 3. The van der Waals surface area contributed by atoms with Gasteiger partial charge in [-0.1, -0.05) is 32.0 Å². The van der Waals surface area contributed by atoms with E-state index in [4.69, 9.17) is 4.74 Å². The topological polar surface area (TPSA) is 95.9 Å². The molecule has 0 aliphatic carbocycles. The molecular formula is C21H20N2O5. The van der Waals surface area contributed by atoms with Crippen LogP contribution in [0.3, 0.4) is 0 Å². The molecule has 1 aliphatic heterocycles. The van der Waals surface area contributed by atoms with Crippen LogP contribution in [0.15, 0.2) is 48.0 Å². The number of phenols is 1. The van der Waals surface area contributed by atoms with Crippen LogP contribution in [0.1, 0.15) is 30.9 Å². The van der Waals surface area contributed by atoms with Crippen LogP contribution in [-0.2, 0) is 9.59 Å². The van der Waals surface area contributed by atoms with Crippen LogP contribution in [0.25, 0.3) is 6.08 Å². The number of ether oxygens (including phenoxy) is 1. The van der Waals surface area contributed by atoms with Gasteiger partial charge in [0.25, 0.3) is 11.8 Å². The Balaban J connectivity index is 1.96. The molecule has 0 bridgehead atoms. The Bertz CT molecular complexity index is 977. The van der Waals surface area contributed by atoms with Gasteiger partial charge in [0, 0.05) is 0 Å². The first kappa shape index (κ1) is 19.2. The van der Waals surface area contributed by atoms with Crippen molar-refractivity contribution in [1.29, 1.82) is 0 Å². The van der Waals surface area contributed by atoms with Gasteiger partial charge < -0.3 is 9.84 Å². The number of methoxy groups -OCH3 is 1. The monoisotopic (exact) mass is 380 g/mol. The lowest BCUT2D eigenvalue weighted by Crippen LogP contribution is -2.54. The lowest BCUT2D eigenvalue weighted by Gasteiger charge is -2.26. The number of hydrogen-bond donors (Lipinski definition) is 2. The molecule has 4 amide bonds. The Morgan fingerprint density at radius 1 is 1.07 bits per heavy atom. The summed E-state index contributed by atoms with van der Waals surface area (Å²) in [5.41, 5.74) is 1.63. The minimum atomic E-state index is -0.804. The Morgan fingerprint density at radius 3 is 2.32 bits per heavy atom. The molecule has 0 unspecified atom stereocenters. The molecule has 0 saturated carbocycles. The van der Waals surface area contributed by atoms with E-state index < -0.39 is 17.8 Å². The number of aromatic hydroxyl groups is 1. The van der Waals surface area contributed by atoms with Crippen molar-refractivity contribution < 1.29 is 24.2 Å². The van der Waals surface area contributed by atoms with E-state index in [1.807, 2.05) is 26.0 Å². The molecule has 28 heavy (non-hydrogen) atoms. The molecule has 2 aromatic carbocycles. The van der Waals surface area contributed by atoms with Gasteiger partial charge in [0.15, 0.2) is 11.5 Å². The number of nitrogens with zero attached hydrogens (tertiary/aromatic N) is 1. The minimum Gasteiger partial charge on any atom is -0.504 e. The summed E-state index contributed by atoms with van der Waals surface area (Å²) in [6.07, 6.45) is 1.32.